The first kappa shape index (κ1) is 9.31. The molecule has 1 aromatic carbocycles. The maximum atomic E-state index is 13.3. The first-order chi connectivity index (χ1) is 6.20. The summed E-state index contributed by atoms with van der Waals surface area (Å²) in [6.45, 7) is 0. The third-order valence-electron chi connectivity index (χ3n) is 2.16. The third-order valence-corrected chi connectivity index (χ3v) is 3.58. The van der Waals surface area contributed by atoms with Crippen LogP contribution in [0, 0.1) is 5.82 Å². The molecule has 13 heavy (non-hydrogen) atoms. The molecular formula is C9H9ClFNS. The summed E-state index contributed by atoms with van der Waals surface area (Å²) in [5.74, 6) is 1.30. The van der Waals surface area contributed by atoms with Gasteiger partial charge in [0, 0.05) is 28.1 Å². The van der Waals surface area contributed by atoms with Crippen LogP contribution in [-0.4, -0.2) is 5.75 Å². The summed E-state index contributed by atoms with van der Waals surface area (Å²) in [7, 11) is 0. The Balaban J connectivity index is 2.60. The molecule has 0 saturated carbocycles. The molecule has 1 aliphatic rings. The van der Waals surface area contributed by atoms with Gasteiger partial charge in [-0.3, -0.25) is 0 Å². The van der Waals surface area contributed by atoms with Crippen molar-refractivity contribution in [2.45, 2.75) is 11.8 Å². The summed E-state index contributed by atoms with van der Waals surface area (Å²) in [4.78, 5) is 0. The van der Waals surface area contributed by atoms with E-state index >= 15 is 0 Å². The van der Waals surface area contributed by atoms with E-state index in [0.29, 0.717) is 16.3 Å². The summed E-state index contributed by atoms with van der Waals surface area (Å²) >= 11 is 7.60. The molecule has 0 bridgehead atoms. The van der Waals surface area contributed by atoms with E-state index in [1.807, 2.05) is 0 Å². The van der Waals surface area contributed by atoms with Crippen molar-refractivity contribution in [1.29, 1.82) is 0 Å². The fourth-order valence-electron chi connectivity index (χ4n) is 1.53. The van der Waals surface area contributed by atoms with Gasteiger partial charge in [0.1, 0.15) is 5.82 Å². The molecule has 1 nitrogen and oxygen atoms in total. The zero-order valence-electron chi connectivity index (χ0n) is 6.89. The Kier molecular flexibility index (Phi) is 2.49. The smallest absolute Gasteiger partial charge is 0.127 e. The first-order valence-electron chi connectivity index (χ1n) is 4.00. The molecule has 0 fully saturated rings. The van der Waals surface area contributed by atoms with Crippen LogP contribution in [-0.2, 0) is 5.75 Å². The van der Waals surface area contributed by atoms with Crippen molar-refractivity contribution in [2.75, 3.05) is 5.75 Å². The molecule has 0 radical (unpaired) electrons. The van der Waals surface area contributed by atoms with Crippen LogP contribution >= 0.6 is 23.4 Å². The Morgan fingerprint density at radius 3 is 3.00 bits per heavy atom. The lowest BCUT2D eigenvalue weighted by Crippen LogP contribution is -2.20. The van der Waals surface area contributed by atoms with Crippen molar-refractivity contribution in [1.82, 2.24) is 0 Å². The van der Waals surface area contributed by atoms with Crippen LogP contribution in [0.1, 0.15) is 17.2 Å². The van der Waals surface area contributed by atoms with E-state index in [-0.39, 0.29) is 11.9 Å². The number of nitrogens with two attached hydrogens (primary N) is 1. The molecule has 70 valence electrons. The van der Waals surface area contributed by atoms with Gasteiger partial charge in [-0.2, -0.15) is 11.8 Å². The minimum absolute atomic E-state index is 0.128. The largest absolute Gasteiger partial charge is 0.323 e. The Morgan fingerprint density at radius 2 is 2.31 bits per heavy atom. The molecule has 0 saturated heterocycles. The lowest BCUT2D eigenvalue weighted by molar-refractivity contribution is 0.608. The second kappa shape index (κ2) is 3.48. The van der Waals surface area contributed by atoms with Gasteiger partial charge >= 0.3 is 0 Å². The number of rotatable bonds is 0. The number of hydrogen-bond donors (Lipinski definition) is 1. The van der Waals surface area contributed by atoms with Gasteiger partial charge in [-0.25, -0.2) is 4.39 Å². The number of fused-ring (bicyclic) bond motifs is 1. The van der Waals surface area contributed by atoms with Crippen molar-refractivity contribution in [2.24, 2.45) is 5.73 Å². The Hall–Kier alpha value is -0.250. The molecule has 1 aliphatic heterocycles. The van der Waals surface area contributed by atoms with Crippen LogP contribution in [0.5, 0.6) is 0 Å². The van der Waals surface area contributed by atoms with Crippen molar-refractivity contribution >= 4 is 23.4 Å². The molecule has 1 atom stereocenters. The highest BCUT2D eigenvalue weighted by molar-refractivity contribution is 7.98. The summed E-state index contributed by atoms with van der Waals surface area (Å²) in [6, 6.07) is 2.85. The SMILES string of the molecule is N[C@H]1CSCc2c(F)ccc(Cl)c21. The molecular weight excluding hydrogens is 209 g/mol. The van der Waals surface area contributed by atoms with E-state index < -0.39 is 0 Å². The van der Waals surface area contributed by atoms with Gasteiger partial charge < -0.3 is 5.73 Å². The summed E-state index contributed by atoms with van der Waals surface area (Å²) in [6.07, 6.45) is 0. The molecule has 1 heterocycles. The van der Waals surface area contributed by atoms with Gasteiger partial charge in [0.2, 0.25) is 0 Å². The van der Waals surface area contributed by atoms with Crippen LogP contribution in [0.4, 0.5) is 4.39 Å². The summed E-state index contributed by atoms with van der Waals surface area (Å²) in [5, 5.41) is 0.587. The average molecular weight is 218 g/mol. The fraction of sp³-hybridized carbons (Fsp3) is 0.333. The lowest BCUT2D eigenvalue weighted by atomic mass is 10.0. The van der Waals surface area contributed by atoms with Crippen molar-refractivity contribution < 1.29 is 4.39 Å². The van der Waals surface area contributed by atoms with Gasteiger partial charge in [-0.15, -0.1) is 0 Å². The number of thioether (sulfide) groups is 1. The van der Waals surface area contributed by atoms with Gasteiger partial charge in [0.25, 0.3) is 0 Å². The third kappa shape index (κ3) is 1.56. The predicted molar refractivity (Wildman–Crippen MR) is 54.5 cm³/mol. The predicted octanol–water partition coefficient (Wildman–Crippen LogP) is 2.73. The van der Waals surface area contributed by atoms with Crippen molar-refractivity contribution in [3.8, 4) is 0 Å². The highest BCUT2D eigenvalue weighted by Gasteiger charge is 2.22. The van der Waals surface area contributed by atoms with E-state index in [1.165, 1.54) is 6.07 Å². The number of benzene rings is 1. The molecule has 0 aromatic heterocycles. The topological polar surface area (TPSA) is 26.0 Å². The van der Waals surface area contributed by atoms with Crippen molar-refractivity contribution in [3.63, 3.8) is 0 Å². The van der Waals surface area contributed by atoms with Crippen LogP contribution in [0.15, 0.2) is 12.1 Å². The van der Waals surface area contributed by atoms with E-state index in [4.69, 9.17) is 17.3 Å². The molecule has 1 aromatic rings. The molecule has 0 aliphatic carbocycles. The molecule has 4 heteroatoms. The molecule has 2 N–H and O–H groups in total. The zero-order valence-corrected chi connectivity index (χ0v) is 8.46. The monoisotopic (exact) mass is 217 g/mol. The van der Waals surface area contributed by atoms with E-state index in [1.54, 1.807) is 17.8 Å². The van der Waals surface area contributed by atoms with Crippen LogP contribution in [0.25, 0.3) is 0 Å². The highest BCUT2D eigenvalue weighted by atomic mass is 35.5. The molecule has 0 amide bonds. The average Bonchev–Trinajstić information content (AvgIpc) is 2.12. The Morgan fingerprint density at radius 1 is 1.54 bits per heavy atom. The van der Waals surface area contributed by atoms with Crippen LogP contribution in [0.2, 0.25) is 5.02 Å². The molecule has 0 unspecified atom stereocenters. The quantitative estimate of drug-likeness (QED) is 0.723. The lowest BCUT2D eigenvalue weighted by Gasteiger charge is -2.23. The Bertz CT molecular complexity index is 343. The standard InChI is InChI=1S/C9H9ClFNS/c10-6-1-2-7(11)5-3-13-4-8(12)9(5)6/h1-2,8H,3-4,12H2/t8-/m0/s1. The van der Waals surface area contributed by atoms with Gasteiger partial charge in [-0.05, 0) is 17.7 Å². The highest BCUT2D eigenvalue weighted by Crippen LogP contribution is 2.36. The van der Waals surface area contributed by atoms with Crippen LogP contribution < -0.4 is 5.73 Å². The minimum atomic E-state index is -0.193. The van der Waals surface area contributed by atoms with E-state index in [0.717, 1.165) is 11.3 Å². The number of hydrogen-bond acceptors (Lipinski definition) is 2. The molecule has 2 rings (SSSR count). The normalized spacial score (nSPS) is 21.3. The Labute approximate surface area is 85.5 Å². The maximum absolute atomic E-state index is 13.3. The second-order valence-corrected chi connectivity index (χ2v) is 4.48. The second-order valence-electron chi connectivity index (χ2n) is 3.04. The van der Waals surface area contributed by atoms with Gasteiger partial charge in [0.15, 0.2) is 0 Å². The summed E-state index contributed by atoms with van der Waals surface area (Å²) in [5.41, 5.74) is 7.31. The minimum Gasteiger partial charge on any atom is -0.323 e. The zero-order chi connectivity index (χ0) is 9.42. The maximum Gasteiger partial charge on any atom is 0.127 e. The van der Waals surface area contributed by atoms with Crippen molar-refractivity contribution in [3.05, 3.63) is 34.1 Å². The van der Waals surface area contributed by atoms with Gasteiger partial charge in [0.05, 0.1) is 0 Å². The first-order valence-corrected chi connectivity index (χ1v) is 5.53. The van der Waals surface area contributed by atoms with E-state index in [9.17, 15) is 4.39 Å². The number of halogens is 2. The van der Waals surface area contributed by atoms with Gasteiger partial charge in [-0.1, -0.05) is 11.6 Å². The van der Waals surface area contributed by atoms with Crippen LogP contribution in [0.3, 0.4) is 0 Å². The van der Waals surface area contributed by atoms with E-state index in [2.05, 4.69) is 0 Å². The fourth-order valence-corrected chi connectivity index (χ4v) is 2.88. The molecule has 0 spiro atoms. The summed E-state index contributed by atoms with van der Waals surface area (Å²) < 4.78 is 13.3.